The number of carbonyl (C=O) groups excluding carboxylic acids is 1. The Morgan fingerprint density at radius 2 is 1.85 bits per heavy atom. The highest BCUT2D eigenvalue weighted by molar-refractivity contribution is 5.92. The minimum absolute atomic E-state index is 0.0125. The number of esters is 1. The number of hydrogen-bond donors (Lipinski definition) is 5. The minimum atomic E-state index is -2.11. The molecule has 4 aliphatic rings. The molecule has 1 fully saturated rings. The number of hydrogen-bond acceptors (Lipinski definition) is 7. The minimum Gasteiger partial charge on any atom is -0.458 e. The fourth-order valence-electron chi connectivity index (χ4n) is 5.89. The van der Waals surface area contributed by atoms with Gasteiger partial charge in [-0.05, 0) is 57.1 Å². The SMILES string of the molecule is CC(C)(O)[C@@]1(O)C=C[C@@]2(O)[C@@]3(C)CCC4=C(COC4=O)C3CC[C@@]2(O)[C@@H]1O. The molecular formula is C20H28O7. The number of rotatable bonds is 1. The average Bonchev–Trinajstić information content (AvgIpc) is 2.95. The molecule has 150 valence electrons. The second-order valence-electron chi connectivity index (χ2n) is 9.40. The van der Waals surface area contributed by atoms with Crippen LogP contribution in [0.3, 0.4) is 0 Å². The molecule has 0 amide bonds. The van der Waals surface area contributed by atoms with Gasteiger partial charge in [-0.3, -0.25) is 0 Å². The van der Waals surface area contributed by atoms with Crippen molar-refractivity contribution in [2.24, 2.45) is 11.3 Å². The predicted octanol–water partition coefficient (Wildman–Crippen LogP) is -0.0552. The summed E-state index contributed by atoms with van der Waals surface area (Å²) in [6.07, 6.45) is 2.07. The van der Waals surface area contributed by atoms with Crippen LogP contribution in [0, 0.1) is 11.3 Å². The normalized spacial score (nSPS) is 49.4. The molecule has 0 bridgehead atoms. The molecular weight excluding hydrogens is 352 g/mol. The third-order valence-corrected chi connectivity index (χ3v) is 7.85. The van der Waals surface area contributed by atoms with Crippen molar-refractivity contribution < 1.29 is 35.1 Å². The number of aliphatic hydroxyl groups is 5. The van der Waals surface area contributed by atoms with Gasteiger partial charge < -0.3 is 30.3 Å². The van der Waals surface area contributed by atoms with E-state index in [0.717, 1.165) is 5.57 Å². The van der Waals surface area contributed by atoms with E-state index in [9.17, 15) is 30.3 Å². The number of aliphatic hydroxyl groups excluding tert-OH is 1. The van der Waals surface area contributed by atoms with E-state index in [2.05, 4.69) is 0 Å². The van der Waals surface area contributed by atoms with Crippen LogP contribution in [0.2, 0.25) is 0 Å². The lowest BCUT2D eigenvalue weighted by Crippen LogP contribution is -2.79. The summed E-state index contributed by atoms with van der Waals surface area (Å²) in [5, 5.41) is 55.5. The zero-order valence-electron chi connectivity index (χ0n) is 15.9. The third-order valence-electron chi connectivity index (χ3n) is 7.85. The molecule has 27 heavy (non-hydrogen) atoms. The summed E-state index contributed by atoms with van der Waals surface area (Å²) in [7, 11) is 0. The van der Waals surface area contributed by atoms with E-state index >= 15 is 0 Å². The molecule has 1 saturated carbocycles. The molecule has 7 nitrogen and oxygen atoms in total. The van der Waals surface area contributed by atoms with Crippen molar-refractivity contribution in [1.82, 2.24) is 0 Å². The van der Waals surface area contributed by atoms with E-state index in [1.807, 2.05) is 6.92 Å². The molecule has 0 aromatic carbocycles. The maximum atomic E-state index is 12.0. The van der Waals surface area contributed by atoms with E-state index in [1.165, 1.54) is 26.0 Å². The van der Waals surface area contributed by atoms with Crippen molar-refractivity contribution in [2.45, 2.75) is 75.0 Å². The second kappa shape index (κ2) is 5.21. The molecule has 0 aromatic heterocycles. The van der Waals surface area contributed by atoms with Gasteiger partial charge in [0.1, 0.15) is 29.5 Å². The average molecular weight is 380 g/mol. The van der Waals surface area contributed by atoms with Crippen molar-refractivity contribution in [2.75, 3.05) is 6.61 Å². The zero-order valence-corrected chi connectivity index (χ0v) is 15.9. The van der Waals surface area contributed by atoms with Gasteiger partial charge in [-0.15, -0.1) is 0 Å². The van der Waals surface area contributed by atoms with Crippen LogP contribution >= 0.6 is 0 Å². The molecule has 1 aliphatic heterocycles. The van der Waals surface area contributed by atoms with Gasteiger partial charge >= 0.3 is 5.97 Å². The maximum absolute atomic E-state index is 12.0. The van der Waals surface area contributed by atoms with Crippen LogP contribution in [0.4, 0.5) is 0 Å². The molecule has 0 spiro atoms. The molecule has 4 rings (SSSR count). The molecule has 0 radical (unpaired) electrons. The number of ether oxygens (including phenoxy) is 1. The monoisotopic (exact) mass is 380 g/mol. The van der Waals surface area contributed by atoms with Crippen LogP contribution in [-0.4, -0.2) is 66.6 Å². The first-order valence-electron chi connectivity index (χ1n) is 9.49. The molecule has 0 aromatic rings. The van der Waals surface area contributed by atoms with Gasteiger partial charge in [-0.1, -0.05) is 13.0 Å². The molecule has 1 unspecified atom stereocenters. The highest BCUT2D eigenvalue weighted by Gasteiger charge is 2.73. The van der Waals surface area contributed by atoms with Crippen LogP contribution in [0.25, 0.3) is 0 Å². The smallest absolute Gasteiger partial charge is 0.334 e. The van der Waals surface area contributed by atoms with Gasteiger partial charge in [0.2, 0.25) is 0 Å². The number of fused-ring (bicyclic) bond motifs is 4. The summed E-state index contributed by atoms with van der Waals surface area (Å²) < 4.78 is 5.19. The van der Waals surface area contributed by atoms with Gasteiger partial charge in [0.05, 0.1) is 5.60 Å². The number of cyclic esters (lactones) is 1. The second-order valence-corrected chi connectivity index (χ2v) is 9.40. The summed E-state index contributed by atoms with van der Waals surface area (Å²) in [5.74, 6) is -0.487. The van der Waals surface area contributed by atoms with Crippen molar-refractivity contribution in [1.29, 1.82) is 0 Å². The first-order valence-corrected chi connectivity index (χ1v) is 9.49. The Morgan fingerprint density at radius 3 is 2.48 bits per heavy atom. The lowest BCUT2D eigenvalue weighted by atomic mass is 9.44. The van der Waals surface area contributed by atoms with Gasteiger partial charge in [0.15, 0.2) is 0 Å². The van der Waals surface area contributed by atoms with Crippen molar-refractivity contribution in [3.05, 3.63) is 23.3 Å². The van der Waals surface area contributed by atoms with Gasteiger partial charge in [-0.25, -0.2) is 4.79 Å². The van der Waals surface area contributed by atoms with E-state index in [1.54, 1.807) is 0 Å². The third kappa shape index (κ3) is 2.01. The summed E-state index contributed by atoms with van der Waals surface area (Å²) in [4.78, 5) is 12.0. The topological polar surface area (TPSA) is 127 Å². The summed E-state index contributed by atoms with van der Waals surface area (Å²) >= 11 is 0. The van der Waals surface area contributed by atoms with E-state index in [0.29, 0.717) is 24.8 Å². The van der Waals surface area contributed by atoms with Crippen molar-refractivity contribution >= 4 is 5.97 Å². The fourth-order valence-corrected chi connectivity index (χ4v) is 5.89. The van der Waals surface area contributed by atoms with Crippen LogP contribution in [0.15, 0.2) is 23.3 Å². The highest BCUT2D eigenvalue weighted by Crippen LogP contribution is 2.64. The molecule has 0 saturated heterocycles. The Kier molecular flexibility index (Phi) is 3.68. The highest BCUT2D eigenvalue weighted by atomic mass is 16.5. The Bertz CT molecular complexity index is 765. The van der Waals surface area contributed by atoms with Crippen LogP contribution in [0.1, 0.15) is 46.5 Å². The summed E-state index contributed by atoms with van der Waals surface area (Å²) in [6, 6.07) is 0. The lowest BCUT2D eigenvalue weighted by molar-refractivity contribution is -0.307. The van der Waals surface area contributed by atoms with E-state index < -0.39 is 33.9 Å². The van der Waals surface area contributed by atoms with E-state index in [-0.39, 0.29) is 24.9 Å². The van der Waals surface area contributed by atoms with Crippen LogP contribution < -0.4 is 0 Å². The Balaban J connectivity index is 1.86. The van der Waals surface area contributed by atoms with E-state index in [4.69, 9.17) is 4.74 Å². The van der Waals surface area contributed by atoms with Crippen LogP contribution in [-0.2, 0) is 9.53 Å². The fraction of sp³-hybridized carbons (Fsp3) is 0.750. The van der Waals surface area contributed by atoms with Gasteiger partial charge in [0.25, 0.3) is 0 Å². The number of carbonyl (C=O) groups is 1. The Hall–Kier alpha value is -1.25. The molecule has 3 aliphatic carbocycles. The van der Waals surface area contributed by atoms with Gasteiger partial charge in [-0.2, -0.15) is 0 Å². The van der Waals surface area contributed by atoms with Gasteiger partial charge in [0, 0.05) is 11.0 Å². The van der Waals surface area contributed by atoms with Crippen molar-refractivity contribution in [3.8, 4) is 0 Å². The quantitative estimate of drug-likeness (QED) is 0.319. The summed E-state index contributed by atoms with van der Waals surface area (Å²) in [5.41, 5.74) is -7.03. The predicted molar refractivity (Wildman–Crippen MR) is 94.3 cm³/mol. The molecule has 1 heterocycles. The standard InChI is InChI=1S/C20H28O7/c1-16(2,23)18(24)8-9-20(26)17(3)6-4-11-12(10-27-14(11)21)13(17)5-7-19(20,25)15(18)22/h8-9,13,15,22-26H,4-7,10H2,1-3H3/t13?,15-,17+,18-,19-,20-/m1/s1. The van der Waals surface area contributed by atoms with Crippen LogP contribution in [0.5, 0.6) is 0 Å². The zero-order chi connectivity index (χ0) is 20.0. The molecule has 5 N–H and O–H groups in total. The largest absolute Gasteiger partial charge is 0.458 e. The Labute approximate surface area is 158 Å². The molecule has 6 atom stereocenters. The first kappa shape index (κ1) is 19.1. The first-order chi connectivity index (χ1) is 12.3. The Morgan fingerprint density at radius 1 is 1.19 bits per heavy atom. The maximum Gasteiger partial charge on any atom is 0.334 e. The lowest BCUT2D eigenvalue weighted by Gasteiger charge is -2.65. The summed E-state index contributed by atoms with van der Waals surface area (Å²) in [6.45, 7) is 4.74. The van der Waals surface area contributed by atoms with Crippen molar-refractivity contribution in [3.63, 3.8) is 0 Å². The molecule has 7 heteroatoms.